The Labute approximate surface area is 158 Å². The largest absolute Gasteiger partial charge is 0.493 e. The number of anilines is 1. The average Bonchev–Trinajstić information content (AvgIpc) is 2.72. The number of hydrogen-bond acceptors (Lipinski definition) is 4. The van der Waals surface area contributed by atoms with Crippen LogP contribution >= 0.6 is 0 Å². The molecular formula is C22H20N2O3. The van der Waals surface area contributed by atoms with Crippen LogP contribution in [0.3, 0.4) is 0 Å². The first-order chi connectivity index (χ1) is 13.3. The van der Waals surface area contributed by atoms with Crippen molar-refractivity contribution in [3.05, 3.63) is 72.3 Å². The summed E-state index contributed by atoms with van der Waals surface area (Å²) >= 11 is 0. The van der Waals surface area contributed by atoms with Crippen LogP contribution in [-0.2, 0) is 11.3 Å². The summed E-state index contributed by atoms with van der Waals surface area (Å²) in [5.74, 6) is 0.728. The molecule has 0 aliphatic heterocycles. The topological polar surface area (TPSA) is 71.3 Å². The van der Waals surface area contributed by atoms with E-state index in [1.54, 1.807) is 6.07 Å². The monoisotopic (exact) mass is 360 g/mol. The number of nitrogens with zero attached hydrogens (tertiary/aromatic N) is 1. The van der Waals surface area contributed by atoms with E-state index in [2.05, 4.69) is 11.4 Å². The molecule has 3 aromatic carbocycles. The summed E-state index contributed by atoms with van der Waals surface area (Å²) in [6, 6.07) is 22.9. The van der Waals surface area contributed by atoms with Crippen LogP contribution < -0.4 is 10.1 Å². The Balaban J connectivity index is 1.69. The molecule has 0 atom stereocenters. The summed E-state index contributed by atoms with van der Waals surface area (Å²) in [5.41, 5.74) is 1.59. The Morgan fingerprint density at radius 2 is 1.70 bits per heavy atom. The summed E-state index contributed by atoms with van der Waals surface area (Å²) in [6.07, 6.45) is 0.633. The average molecular weight is 360 g/mol. The number of amides is 1. The van der Waals surface area contributed by atoms with Crippen molar-refractivity contribution in [3.63, 3.8) is 0 Å². The molecule has 1 amide bonds. The zero-order valence-corrected chi connectivity index (χ0v) is 14.9. The summed E-state index contributed by atoms with van der Waals surface area (Å²) in [7, 11) is 0. The molecule has 5 nitrogen and oxygen atoms in total. The predicted octanol–water partition coefficient (Wildman–Crippen LogP) is 5.27. The third kappa shape index (κ3) is 4.99. The minimum atomic E-state index is -0.508. The normalized spacial score (nSPS) is 10.2. The molecule has 0 aliphatic carbocycles. The third-order valence-electron chi connectivity index (χ3n) is 4.02. The smallest absolute Gasteiger partial charge is 0.411 e. The molecule has 0 aliphatic rings. The van der Waals surface area contributed by atoms with Gasteiger partial charge in [-0.3, -0.25) is 5.32 Å². The molecule has 0 fully saturated rings. The second-order valence-corrected chi connectivity index (χ2v) is 5.95. The molecular weight excluding hydrogens is 340 g/mol. The molecule has 0 saturated carbocycles. The molecule has 0 aromatic heterocycles. The minimum absolute atomic E-state index is 0.213. The van der Waals surface area contributed by atoms with Crippen molar-refractivity contribution in [1.29, 1.82) is 5.26 Å². The zero-order valence-electron chi connectivity index (χ0n) is 14.9. The van der Waals surface area contributed by atoms with Gasteiger partial charge in [-0.1, -0.05) is 54.6 Å². The van der Waals surface area contributed by atoms with E-state index in [0.717, 1.165) is 22.1 Å². The number of hydrogen-bond donors (Lipinski definition) is 1. The van der Waals surface area contributed by atoms with Crippen molar-refractivity contribution in [1.82, 2.24) is 0 Å². The lowest BCUT2D eigenvalue weighted by Crippen LogP contribution is -2.13. The molecule has 136 valence electrons. The van der Waals surface area contributed by atoms with Gasteiger partial charge in [0.25, 0.3) is 0 Å². The summed E-state index contributed by atoms with van der Waals surface area (Å²) < 4.78 is 11.1. The number of rotatable bonds is 7. The van der Waals surface area contributed by atoms with Crippen LogP contribution in [-0.4, -0.2) is 12.7 Å². The predicted molar refractivity (Wildman–Crippen MR) is 105 cm³/mol. The molecule has 0 radical (unpaired) electrons. The van der Waals surface area contributed by atoms with Crippen molar-refractivity contribution in [3.8, 4) is 11.8 Å². The molecule has 27 heavy (non-hydrogen) atoms. The highest BCUT2D eigenvalue weighted by Gasteiger charge is 2.10. The van der Waals surface area contributed by atoms with E-state index in [1.807, 2.05) is 60.7 Å². The summed E-state index contributed by atoms with van der Waals surface area (Å²) in [6.45, 7) is 0.689. The van der Waals surface area contributed by atoms with E-state index in [-0.39, 0.29) is 6.61 Å². The lowest BCUT2D eigenvalue weighted by molar-refractivity contribution is 0.155. The Hall–Kier alpha value is -3.52. The first-order valence-corrected chi connectivity index (χ1v) is 8.77. The van der Waals surface area contributed by atoms with E-state index in [1.165, 1.54) is 0 Å². The van der Waals surface area contributed by atoms with Gasteiger partial charge in [0.15, 0.2) is 0 Å². The van der Waals surface area contributed by atoms with Gasteiger partial charge < -0.3 is 9.47 Å². The van der Waals surface area contributed by atoms with Crippen molar-refractivity contribution >= 4 is 22.6 Å². The first kappa shape index (κ1) is 18.3. The minimum Gasteiger partial charge on any atom is -0.493 e. The highest BCUT2D eigenvalue weighted by molar-refractivity contribution is 6.02. The zero-order chi connectivity index (χ0) is 18.9. The number of nitrogens with one attached hydrogen (secondary N) is 1. The highest BCUT2D eigenvalue weighted by atomic mass is 16.5. The van der Waals surface area contributed by atoms with Gasteiger partial charge in [0.2, 0.25) is 0 Å². The van der Waals surface area contributed by atoms with E-state index in [0.29, 0.717) is 25.1 Å². The Morgan fingerprint density at radius 3 is 2.48 bits per heavy atom. The molecule has 0 heterocycles. The number of unbranched alkanes of at least 4 members (excludes halogenated alkanes) is 1. The van der Waals surface area contributed by atoms with Gasteiger partial charge in [0, 0.05) is 17.2 Å². The van der Waals surface area contributed by atoms with Crippen LogP contribution in [0.25, 0.3) is 10.8 Å². The molecule has 0 spiro atoms. The quantitative estimate of drug-likeness (QED) is 0.583. The van der Waals surface area contributed by atoms with Crippen molar-refractivity contribution in [2.45, 2.75) is 19.4 Å². The Bertz CT molecular complexity index is 949. The SMILES string of the molecule is N#CCCCOc1ccc(NC(=O)OCc2ccccc2)c2ccccc12. The van der Waals surface area contributed by atoms with Crippen LogP contribution in [0, 0.1) is 11.3 Å². The van der Waals surface area contributed by atoms with Gasteiger partial charge in [-0.2, -0.15) is 5.26 Å². The third-order valence-corrected chi connectivity index (χ3v) is 4.02. The van der Waals surface area contributed by atoms with Gasteiger partial charge in [-0.15, -0.1) is 0 Å². The van der Waals surface area contributed by atoms with Crippen molar-refractivity contribution in [2.24, 2.45) is 0 Å². The maximum atomic E-state index is 12.2. The van der Waals surface area contributed by atoms with E-state index in [9.17, 15) is 4.79 Å². The van der Waals surface area contributed by atoms with E-state index < -0.39 is 6.09 Å². The van der Waals surface area contributed by atoms with Gasteiger partial charge in [-0.05, 0) is 24.1 Å². The van der Waals surface area contributed by atoms with E-state index >= 15 is 0 Å². The standard InChI is InChI=1S/C22H20N2O3/c23-14-6-7-15-26-21-13-12-20(18-10-4-5-11-19(18)21)24-22(25)27-16-17-8-2-1-3-9-17/h1-5,8-13H,6-7,15-16H2,(H,24,25). The molecule has 3 rings (SSSR count). The van der Waals surface area contributed by atoms with Crippen LogP contribution in [0.5, 0.6) is 5.75 Å². The molecule has 0 bridgehead atoms. The Kier molecular flexibility index (Phi) is 6.26. The molecule has 3 aromatic rings. The maximum absolute atomic E-state index is 12.2. The molecule has 0 unspecified atom stereocenters. The fraction of sp³-hybridized carbons (Fsp3) is 0.182. The van der Waals surface area contributed by atoms with Crippen LogP contribution in [0.2, 0.25) is 0 Å². The number of benzene rings is 3. The van der Waals surface area contributed by atoms with E-state index in [4.69, 9.17) is 14.7 Å². The molecule has 0 saturated heterocycles. The van der Waals surface area contributed by atoms with Gasteiger partial charge in [0.1, 0.15) is 12.4 Å². The fourth-order valence-electron chi connectivity index (χ4n) is 2.71. The van der Waals surface area contributed by atoms with Gasteiger partial charge in [-0.25, -0.2) is 4.79 Å². The van der Waals surface area contributed by atoms with Crippen molar-refractivity contribution in [2.75, 3.05) is 11.9 Å². The lowest BCUT2D eigenvalue weighted by Gasteiger charge is -2.13. The fourth-order valence-corrected chi connectivity index (χ4v) is 2.71. The summed E-state index contributed by atoms with van der Waals surface area (Å²) in [4.78, 5) is 12.2. The number of nitriles is 1. The number of carbonyl (C=O) groups excluding carboxylic acids is 1. The maximum Gasteiger partial charge on any atom is 0.411 e. The van der Waals surface area contributed by atoms with Gasteiger partial charge >= 0.3 is 6.09 Å². The van der Waals surface area contributed by atoms with Gasteiger partial charge in [0.05, 0.1) is 18.4 Å². The van der Waals surface area contributed by atoms with Crippen LogP contribution in [0.4, 0.5) is 10.5 Å². The van der Waals surface area contributed by atoms with Crippen molar-refractivity contribution < 1.29 is 14.3 Å². The number of carbonyl (C=O) groups is 1. The second-order valence-electron chi connectivity index (χ2n) is 5.95. The lowest BCUT2D eigenvalue weighted by atomic mass is 10.1. The Morgan fingerprint density at radius 1 is 0.963 bits per heavy atom. The van der Waals surface area contributed by atoms with Crippen LogP contribution in [0.15, 0.2) is 66.7 Å². The highest BCUT2D eigenvalue weighted by Crippen LogP contribution is 2.31. The summed E-state index contributed by atoms with van der Waals surface area (Å²) in [5, 5.41) is 13.2. The molecule has 5 heteroatoms. The molecule has 1 N–H and O–H groups in total. The second kappa shape index (κ2) is 9.25. The number of fused-ring (bicyclic) bond motifs is 1. The number of ether oxygens (including phenoxy) is 2. The van der Waals surface area contributed by atoms with Crippen LogP contribution in [0.1, 0.15) is 18.4 Å². The first-order valence-electron chi connectivity index (χ1n) is 8.77.